The van der Waals surface area contributed by atoms with E-state index in [1.807, 2.05) is 12.1 Å². The number of benzene rings is 2. The second kappa shape index (κ2) is 10.7. The van der Waals surface area contributed by atoms with Crippen molar-refractivity contribution in [2.75, 3.05) is 7.11 Å². The van der Waals surface area contributed by atoms with Crippen molar-refractivity contribution < 1.29 is 53.1 Å². The summed E-state index contributed by atoms with van der Waals surface area (Å²) in [5, 5.41) is 21.8. The maximum Gasteiger partial charge on any atom is 0.349 e. The molecule has 3 aliphatic carbocycles. The van der Waals surface area contributed by atoms with E-state index in [4.69, 9.17) is 23.7 Å². The third-order valence-electron chi connectivity index (χ3n) is 9.18. The first kappa shape index (κ1) is 28.7. The van der Waals surface area contributed by atoms with Gasteiger partial charge in [0.2, 0.25) is 12.2 Å². The predicted octanol–water partition coefficient (Wildman–Crippen LogP) is 3.30. The van der Waals surface area contributed by atoms with Gasteiger partial charge in [-0.05, 0) is 49.3 Å². The van der Waals surface area contributed by atoms with Crippen LogP contribution < -0.4 is 9.47 Å². The lowest BCUT2D eigenvalue weighted by atomic mass is 9.47. The monoisotopic (exact) mass is 592 g/mol. The lowest BCUT2D eigenvalue weighted by Crippen LogP contribution is -2.67. The minimum Gasteiger partial charge on any atom is -0.493 e. The molecule has 1 fully saturated rings. The molecule has 2 aromatic carbocycles. The van der Waals surface area contributed by atoms with Crippen molar-refractivity contribution in [1.29, 1.82) is 0 Å². The Kier molecular flexibility index (Phi) is 7.16. The van der Waals surface area contributed by atoms with Gasteiger partial charge >= 0.3 is 23.9 Å². The predicted molar refractivity (Wildman–Crippen MR) is 147 cm³/mol. The molecular weight excluding hydrogens is 560 g/mol. The Bertz CT molecular complexity index is 1510. The van der Waals surface area contributed by atoms with Gasteiger partial charge in [-0.15, -0.1) is 0 Å². The van der Waals surface area contributed by atoms with Crippen molar-refractivity contribution in [1.82, 2.24) is 0 Å². The number of carboxylic acid groups (broad SMARTS) is 1. The fraction of sp³-hybridized carbons (Fsp3) is 0.438. The van der Waals surface area contributed by atoms with Crippen LogP contribution >= 0.6 is 0 Å². The molecule has 2 aromatic rings. The largest absolute Gasteiger partial charge is 0.493 e. The van der Waals surface area contributed by atoms with Gasteiger partial charge < -0.3 is 33.9 Å². The highest BCUT2D eigenvalue weighted by Gasteiger charge is 2.71. The molecule has 0 amide bonds. The maximum atomic E-state index is 13.3. The van der Waals surface area contributed by atoms with E-state index in [0.29, 0.717) is 24.3 Å². The molecule has 226 valence electrons. The highest BCUT2D eigenvalue weighted by Crippen LogP contribution is 2.67. The van der Waals surface area contributed by atoms with Crippen molar-refractivity contribution in [3.63, 3.8) is 0 Å². The van der Waals surface area contributed by atoms with Crippen molar-refractivity contribution in [2.24, 2.45) is 5.92 Å². The Labute approximate surface area is 247 Å². The van der Waals surface area contributed by atoms with Crippen LogP contribution in [0.25, 0.3) is 0 Å². The zero-order chi connectivity index (χ0) is 30.5. The second-order valence-electron chi connectivity index (χ2n) is 11.5. The summed E-state index contributed by atoms with van der Waals surface area (Å²) in [5.41, 5.74) is 0.195. The summed E-state index contributed by atoms with van der Waals surface area (Å²) < 4.78 is 28.1. The van der Waals surface area contributed by atoms with Gasteiger partial charge in [0.1, 0.15) is 5.76 Å². The van der Waals surface area contributed by atoms with E-state index in [2.05, 4.69) is 0 Å². The van der Waals surface area contributed by atoms with Crippen LogP contribution in [0.3, 0.4) is 0 Å². The van der Waals surface area contributed by atoms with E-state index in [9.17, 15) is 29.4 Å². The van der Waals surface area contributed by atoms with Gasteiger partial charge in [0.05, 0.1) is 24.5 Å². The summed E-state index contributed by atoms with van der Waals surface area (Å²) in [5.74, 6) is -3.21. The maximum absolute atomic E-state index is 13.3. The molecule has 1 spiro atoms. The second-order valence-corrected chi connectivity index (χ2v) is 11.5. The molecule has 2 bridgehead atoms. The molecule has 0 saturated heterocycles. The summed E-state index contributed by atoms with van der Waals surface area (Å²) >= 11 is 0. The summed E-state index contributed by atoms with van der Waals surface area (Å²) in [6.45, 7) is 1.05. The average Bonchev–Trinajstić information content (AvgIpc) is 3.32. The van der Waals surface area contributed by atoms with Crippen LogP contribution in [0.15, 0.2) is 54.3 Å². The average molecular weight is 593 g/mol. The molecule has 43 heavy (non-hydrogen) atoms. The lowest BCUT2D eigenvalue weighted by Gasteiger charge is -2.59. The molecular formula is C32H32O11. The molecule has 1 heterocycles. The first-order chi connectivity index (χ1) is 20.6. The highest BCUT2D eigenvalue weighted by atomic mass is 16.6. The number of aliphatic hydroxyl groups is 1. The molecule has 1 aliphatic heterocycles. The molecule has 6 rings (SSSR count). The quantitative estimate of drug-likeness (QED) is 0.326. The number of hydrogen-bond acceptors (Lipinski definition) is 10. The van der Waals surface area contributed by atoms with E-state index < -0.39 is 59.6 Å². The van der Waals surface area contributed by atoms with E-state index in [1.54, 1.807) is 24.3 Å². The van der Waals surface area contributed by atoms with E-state index >= 15 is 0 Å². The summed E-state index contributed by atoms with van der Waals surface area (Å²) in [4.78, 5) is 49.9. The molecule has 11 heteroatoms. The minimum atomic E-state index is -1.75. The number of aliphatic carboxylic acids is 1. The van der Waals surface area contributed by atoms with Crippen LogP contribution in [0, 0.1) is 5.92 Å². The minimum absolute atomic E-state index is 0.00242. The number of rotatable bonds is 9. The number of hydrogen-bond donors (Lipinski definition) is 2. The number of esters is 3. The highest BCUT2D eigenvalue weighted by molar-refractivity contribution is 5.86. The number of carbonyl (C=O) groups excluding carboxylic acids is 3. The van der Waals surface area contributed by atoms with Gasteiger partial charge in [-0.1, -0.05) is 42.8 Å². The van der Waals surface area contributed by atoms with Gasteiger partial charge in [0, 0.05) is 18.1 Å². The molecule has 0 radical (unpaired) electrons. The van der Waals surface area contributed by atoms with Crippen molar-refractivity contribution >= 4 is 23.9 Å². The van der Waals surface area contributed by atoms with Crippen LogP contribution in [-0.4, -0.2) is 59.0 Å². The van der Waals surface area contributed by atoms with Crippen molar-refractivity contribution in [3.05, 3.63) is 71.0 Å². The third kappa shape index (κ3) is 4.53. The molecule has 0 unspecified atom stereocenters. The molecule has 1 saturated carbocycles. The van der Waals surface area contributed by atoms with Crippen LogP contribution in [-0.2, 0) is 45.2 Å². The SMILES string of the molecule is COc1ccc2c3c1O[C@@H]1C(OC(=O)C[C@H](OC(C)=O)C(=O)O[C@H](C(=O)O)c4ccccc4)=CC[C@]4(O)[C@@H](CCC[C@@]314)C2. The van der Waals surface area contributed by atoms with Gasteiger partial charge in [-0.25, -0.2) is 9.59 Å². The zero-order valence-electron chi connectivity index (χ0n) is 23.7. The molecule has 11 nitrogen and oxygen atoms in total. The summed E-state index contributed by atoms with van der Waals surface area (Å²) in [6, 6.07) is 11.6. The standard InChI is InChI=1S/C32H32O11/c1-17(33)40-23(30(37)43-26(29(35)36)18-7-4-3-5-8-18)16-24(34)41-22-12-14-32(38)20-9-6-13-31(32)25-19(15-20)10-11-21(39-2)27(25)42-28(22)31/h3-5,7-8,10-12,20,23,26,28,38H,6,9,13-16H2,1-2H3,(H,35,36)/t20-,23-,26-,28+,31+,32-/m0/s1. The van der Waals surface area contributed by atoms with Gasteiger partial charge in [0.15, 0.2) is 17.6 Å². The van der Waals surface area contributed by atoms with Crippen LogP contribution in [0.5, 0.6) is 11.5 Å². The Morgan fingerprint density at radius 2 is 1.86 bits per heavy atom. The van der Waals surface area contributed by atoms with Gasteiger partial charge in [-0.2, -0.15) is 0 Å². The molecule has 4 aliphatic rings. The first-order valence-corrected chi connectivity index (χ1v) is 14.2. The molecule has 2 N–H and O–H groups in total. The number of carboxylic acids is 1. The Hall–Kier alpha value is -4.38. The fourth-order valence-corrected chi connectivity index (χ4v) is 7.46. The van der Waals surface area contributed by atoms with Crippen molar-refractivity contribution in [2.45, 2.75) is 74.8 Å². The summed E-state index contributed by atoms with van der Waals surface area (Å²) in [7, 11) is 1.54. The Balaban J connectivity index is 1.25. The smallest absolute Gasteiger partial charge is 0.349 e. The Morgan fingerprint density at radius 3 is 2.56 bits per heavy atom. The van der Waals surface area contributed by atoms with E-state index in [-0.39, 0.29) is 23.7 Å². The van der Waals surface area contributed by atoms with E-state index in [1.165, 1.54) is 19.2 Å². The number of methoxy groups -OCH3 is 1. The van der Waals surface area contributed by atoms with Crippen LogP contribution in [0.2, 0.25) is 0 Å². The third-order valence-corrected chi connectivity index (χ3v) is 9.18. The summed E-state index contributed by atoms with van der Waals surface area (Å²) in [6.07, 6.45) is -0.0558. The Morgan fingerprint density at radius 1 is 1.09 bits per heavy atom. The zero-order valence-corrected chi connectivity index (χ0v) is 23.7. The first-order valence-electron chi connectivity index (χ1n) is 14.2. The fourth-order valence-electron chi connectivity index (χ4n) is 7.46. The van der Waals surface area contributed by atoms with Gasteiger partial charge in [-0.3, -0.25) is 9.59 Å². The van der Waals surface area contributed by atoms with Crippen molar-refractivity contribution in [3.8, 4) is 11.5 Å². The van der Waals surface area contributed by atoms with Crippen LogP contribution in [0.1, 0.15) is 61.8 Å². The van der Waals surface area contributed by atoms with Crippen LogP contribution in [0.4, 0.5) is 0 Å². The molecule has 0 aromatic heterocycles. The topological polar surface area (TPSA) is 155 Å². The number of carbonyl (C=O) groups is 4. The lowest BCUT2D eigenvalue weighted by molar-refractivity contribution is -0.179. The number of ether oxygens (including phenoxy) is 5. The van der Waals surface area contributed by atoms with Gasteiger partial charge in [0.25, 0.3) is 0 Å². The van der Waals surface area contributed by atoms with E-state index in [0.717, 1.165) is 30.9 Å². The molecule has 6 atom stereocenters. The normalized spacial score (nSPS) is 27.4.